The van der Waals surface area contributed by atoms with E-state index in [2.05, 4.69) is 15.3 Å². The Kier molecular flexibility index (Phi) is 6.25. The van der Waals surface area contributed by atoms with Crippen molar-refractivity contribution in [3.05, 3.63) is 29.7 Å². The lowest BCUT2D eigenvalue weighted by Gasteiger charge is -2.30. The highest BCUT2D eigenvalue weighted by atomic mass is 16.6. The van der Waals surface area contributed by atoms with Gasteiger partial charge in [0.2, 0.25) is 5.91 Å². The number of alkyl carbamates (subject to hydrolysis) is 1. The van der Waals surface area contributed by atoms with Crippen molar-refractivity contribution in [3.8, 4) is 22.8 Å². The van der Waals surface area contributed by atoms with Crippen LogP contribution in [0.15, 0.2) is 18.3 Å². The molecule has 2 amide bonds. The van der Waals surface area contributed by atoms with E-state index in [9.17, 15) is 9.59 Å². The number of aromatic amines is 1. The predicted molar refractivity (Wildman–Crippen MR) is 118 cm³/mol. The van der Waals surface area contributed by atoms with Crippen LogP contribution < -0.4 is 14.8 Å². The van der Waals surface area contributed by atoms with Gasteiger partial charge in [-0.1, -0.05) is 19.9 Å². The summed E-state index contributed by atoms with van der Waals surface area (Å²) < 4.78 is 16.4. The summed E-state index contributed by atoms with van der Waals surface area (Å²) in [4.78, 5) is 34.9. The van der Waals surface area contributed by atoms with Crippen LogP contribution in [0, 0.1) is 12.8 Å². The number of fused-ring (bicyclic) bond motifs is 1. The fourth-order valence-corrected chi connectivity index (χ4v) is 4.32. The number of carbonyl (C=O) groups excluding carboxylic acids is 2. The molecule has 9 nitrogen and oxygen atoms in total. The van der Waals surface area contributed by atoms with Gasteiger partial charge in [0.05, 0.1) is 25.0 Å². The highest BCUT2D eigenvalue weighted by molar-refractivity contribution is 5.86. The van der Waals surface area contributed by atoms with Crippen LogP contribution in [0.1, 0.15) is 44.1 Å². The van der Waals surface area contributed by atoms with Gasteiger partial charge in [0.1, 0.15) is 25.1 Å². The number of amides is 2. The normalized spacial score (nSPS) is 18.5. The Morgan fingerprint density at radius 1 is 1.25 bits per heavy atom. The van der Waals surface area contributed by atoms with Gasteiger partial charge in [-0.25, -0.2) is 9.78 Å². The van der Waals surface area contributed by atoms with Crippen LogP contribution in [0.2, 0.25) is 0 Å². The monoisotopic (exact) mass is 442 g/mol. The molecule has 0 aliphatic carbocycles. The third kappa shape index (κ3) is 4.11. The van der Waals surface area contributed by atoms with E-state index >= 15 is 0 Å². The molecule has 0 radical (unpaired) electrons. The second-order valence-electron chi connectivity index (χ2n) is 8.51. The molecule has 0 unspecified atom stereocenters. The Balaban J connectivity index is 1.59. The molecular formula is C23H30N4O5. The van der Waals surface area contributed by atoms with Crippen molar-refractivity contribution in [2.24, 2.45) is 5.92 Å². The Labute approximate surface area is 187 Å². The molecule has 4 rings (SSSR count). The van der Waals surface area contributed by atoms with Crippen LogP contribution in [0.4, 0.5) is 4.79 Å². The van der Waals surface area contributed by atoms with Crippen molar-refractivity contribution in [3.63, 3.8) is 0 Å². The largest absolute Gasteiger partial charge is 0.486 e. The van der Waals surface area contributed by atoms with Gasteiger partial charge >= 0.3 is 6.09 Å². The number of aryl methyl sites for hydroxylation is 1. The van der Waals surface area contributed by atoms with Gasteiger partial charge in [0, 0.05) is 12.1 Å². The highest BCUT2D eigenvalue weighted by Crippen LogP contribution is 2.42. The summed E-state index contributed by atoms with van der Waals surface area (Å²) in [6.07, 6.45) is 2.82. The summed E-state index contributed by atoms with van der Waals surface area (Å²) in [5.74, 6) is 1.99. The van der Waals surface area contributed by atoms with Crippen LogP contribution in [-0.2, 0) is 9.53 Å². The number of imidazole rings is 1. The molecule has 1 aromatic carbocycles. The maximum atomic E-state index is 13.3. The average molecular weight is 443 g/mol. The fraction of sp³-hybridized carbons (Fsp3) is 0.522. The first-order chi connectivity index (χ1) is 15.4. The van der Waals surface area contributed by atoms with E-state index < -0.39 is 12.1 Å². The molecule has 3 heterocycles. The molecule has 2 atom stereocenters. The highest BCUT2D eigenvalue weighted by Gasteiger charge is 2.37. The molecule has 32 heavy (non-hydrogen) atoms. The number of carbonyl (C=O) groups is 2. The lowest BCUT2D eigenvalue weighted by molar-refractivity contribution is -0.135. The number of aromatic nitrogens is 2. The fourth-order valence-electron chi connectivity index (χ4n) is 4.32. The molecule has 2 N–H and O–H groups in total. The van der Waals surface area contributed by atoms with Gasteiger partial charge in [-0.05, 0) is 37.3 Å². The first-order valence-electron chi connectivity index (χ1n) is 11.0. The summed E-state index contributed by atoms with van der Waals surface area (Å²) in [5.41, 5.74) is 2.72. The molecule has 1 fully saturated rings. The summed E-state index contributed by atoms with van der Waals surface area (Å²) in [7, 11) is 1.29. The Hall–Kier alpha value is -3.23. The molecule has 0 saturated carbocycles. The van der Waals surface area contributed by atoms with Crippen molar-refractivity contribution in [1.82, 2.24) is 20.2 Å². The Morgan fingerprint density at radius 3 is 2.72 bits per heavy atom. The van der Waals surface area contributed by atoms with Crippen molar-refractivity contribution in [2.75, 3.05) is 26.9 Å². The quantitative estimate of drug-likeness (QED) is 0.737. The molecule has 2 aliphatic rings. The molecule has 0 spiro atoms. The van der Waals surface area contributed by atoms with Gasteiger partial charge in [0.15, 0.2) is 11.5 Å². The van der Waals surface area contributed by atoms with Gasteiger partial charge in [0.25, 0.3) is 0 Å². The van der Waals surface area contributed by atoms with Crippen LogP contribution in [0.5, 0.6) is 11.5 Å². The number of benzene rings is 1. The van der Waals surface area contributed by atoms with Crippen LogP contribution in [0.3, 0.4) is 0 Å². The van der Waals surface area contributed by atoms with E-state index in [1.54, 1.807) is 11.1 Å². The number of likely N-dealkylation sites (tertiary alicyclic amines) is 1. The molecule has 0 bridgehead atoms. The van der Waals surface area contributed by atoms with E-state index in [4.69, 9.17) is 14.2 Å². The number of hydrogen-bond donors (Lipinski definition) is 2. The minimum Gasteiger partial charge on any atom is -0.486 e. The molecule has 2 aromatic rings. The third-order valence-electron chi connectivity index (χ3n) is 6.01. The first-order valence-corrected chi connectivity index (χ1v) is 11.0. The maximum Gasteiger partial charge on any atom is 0.407 e. The van der Waals surface area contributed by atoms with Crippen LogP contribution in [0.25, 0.3) is 11.3 Å². The zero-order chi connectivity index (χ0) is 22.8. The van der Waals surface area contributed by atoms with Crippen LogP contribution >= 0.6 is 0 Å². The standard InChI is InChI=1S/C23H30N4O5/c1-13(2)18(26-23(29)30-4)22(28)27-9-5-6-17(27)21-24-12-16(25-21)15-8-7-14(3)19-20(15)32-11-10-31-19/h7-8,12-13,17-18H,5-6,9-11H2,1-4H3,(H,24,25)(H,26,29)/t17-,18-/m0/s1. The smallest absolute Gasteiger partial charge is 0.407 e. The van der Waals surface area contributed by atoms with E-state index in [0.29, 0.717) is 25.5 Å². The zero-order valence-electron chi connectivity index (χ0n) is 18.9. The number of H-pyrrole nitrogens is 1. The number of ether oxygens (including phenoxy) is 3. The second-order valence-corrected chi connectivity index (χ2v) is 8.51. The Bertz CT molecular complexity index is 1000. The summed E-state index contributed by atoms with van der Waals surface area (Å²) in [5, 5.41) is 2.67. The van der Waals surface area contributed by atoms with Crippen molar-refractivity contribution < 1.29 is 23.8 Å². The van der Waals surface area contributed by atoms with E-state index in [0.717, 1.165) is 41.2 Å². The molecule has 2 aliphatic heterocycles. The molecule has 1 saturated heterocycles. The van der Waals surface area contributed by atoms with E-state index in [1.807, 2.05) is 32.9 Å². The van der Waals surface area contributed by atoms with Crippen molar-refractivity contribution in [2.45, 2.75) is 45.7 Å². The van der Waals surface area contributed by atoms with Gasteiger partial charge < -0.3 is 29.4 Å². The molecule has 172 valence electrons. The topological polar surface area (TPSA) is 106 Å². The predicted octanol–water partition coefficient (Wildman–Crippen LogP) is 3.20. The molecule has 9 heteroatoms. The van der Waals surface area contributed by atoms with Gasteiger partial charge in [-0.15, -0.1) is 0 Å². The van der Waals surface area contributed by atoms with Gasteiger partial charge in [-0.2, -0.15) is 0 Å². The zero-order valence-corrected chi connectivity index (χ0v) is 18.9. The maximum absolute atomic E-state index is 13.3. The van der Waals surface area contributed by atoms with Crippen LogP contribution in [-0.4, -0.2) is 59.8 Å². The van der Waals surface area contributed by atoms with Crippen molar-refractivity contribution in [1.29, 1.82) is 0 Å². The second kappa shape index (κ2) is 9.10. The molecule has 1 aromatic heterocycles. The first kappa shape index (κ1) is 22.0. The summed E-state index contributed by atoms with van der Waals surface area (Å²) >= 11 is 0. The summed E-state index contributed by atoms with van der Waals surface area (Å²) in [6, 6.07) is 3.15. The van der Waals surface area contributed by atoms with E-state index in [1.165, 1.54) is 7.11 Å². The minimum absolute atomic E-state index is 0.0776. The van der Waals surface area contributed by atoms with E-state index in [-0.39, 0.29) is 17.9 Å². The number of methoxy groups -OCH3 is 1. The molecular weight excluding hydrogens is 412 g/mol. The number of nitrogens with one attached hydrogen (secondary N) is 2. The summed E-state index contributed by atoms with van der Waals surface area (Å²) in [6.45, 7) is 7.43. The third-order valence-corrected chi connectivity index (χ3v) is 6.01. The lowest BCUT2D eigenvalue weighted by atomic mass is 10.0. The van der Waals surface area contributed by atoms with Gasteiger partial charge in [-0.3, -0.25) is 4.79 Å². The minimum atomic E-state index is -0.660. The number of rotatable bonds is 5. The average Bonchev–Trinajstić information content (AvgIpc) is 3.46. The SMILES string of the molecule is COC(=O)N[C@H](C(=O)N1CCC[C@H]1c1ncc(-c2ccc(C)c3c2OCCO3)[nH]1)C(C)C. The lowest BCUT2D eigenvalue weighted by Crippen LogP contribution is -2.51. The van der Waals surface area contributed by atoms with Crippen molar-refractivity contribution >= 4 is 12.0 Å². The number of hydrogen-bond acceptors (Lipinski definition) is 6. The number of nitrogens with zero attached hydrogens (tertiary/aromatic N) is 2. The Morgan fingerprint density at radius 2 is 2.00 bits per heavy atom.